The molecule has 1 amide bonds. The van der Waals surface area contributed by atoms with Crippen molar-refractivity contribution in [1.29, 1.82) is 0 Å². The number of para-hydroxylation sites is 1. The zero-order valence-electron chi connectivity index (χ0n) is 11.0. The second-order valence-corrected chi connectivity index (χ2v) is 5.14. The first-order chi connectivity index (χ1) is 9.16. The monoisotopic (exact) mass is 258 g/mol. The summed E-state index contributed by atoms with van der Waals surface area (Å²) >= 11 is 0. The van der Waals surface area contributed by atoms with Gasteiger partial charge in [-0.15, -0.1) is 0 Å². The maximum atomic E-state index is 12.6. The second-order valence-electron chi connectivity index (χ2n) is 5.14. The number of nitrogens with zero attached hydrogens (tertiary/aromatic N) is 3. The molecule has 2 heterocycles. The van der Waals surface area contributed by atoms with Gasteiger partial charge in [-0.05, 0) is 18.9 Å². The Morgan fingerprint density at radius 1 is 1.42 bits per heavy atom. The molecule has 1 aromatic heterocycles. The Kier molecular flexibility index (Phi) is 2.98. The minimum absolute atomic E-state index is 0.00745. The van der Waals surface area contributed by atoms with Gasteiger partial charge in [-0.1, -0.05) is 18.2 Å². The number of aromatic nitrogens is 2. The van der Waals surface area contributed by atoms with Crippen LogP contribution in [0.2, 0.25) is 0 Å². The molecule has 1 aliphatic heterocycles. The van der Waals surface area contributed by atoms with Gasteiger partial charge in [-0.25, -0.2) is 0 Å². The Morgan fingerprint density at radius 3 is 3.00 bits per heavy atom. The van der Waals surface area contributed by atoms with Crippen molar-refractivity contribution >= 4 is 16.8 Å². The molecular formula is C14H18N4O. The van der Waals surface area contributed by atoms with Crippen LogP contribution in [0.5, 0.6) is 0 Å². The quantitative estimate of drug-likeness (QED) is 0.834. The third-order valence-electron chi connectivity index (χ3n) is 3.71. The van der Waals surface area contributed by atoms with E-state index < -0.39 is 0 Å². The third-order valence-corrected chi connectivity index (χ3v) is 3.71. The number of fused-ring (bicyclic) bond motifs is 1. The average molecular weight is 258 g/mol. The van der Waals surface area contributed by atoms with Crippen molar-refractivity contribution < 1.29 is 4.79 Å². The first-order valence-corrected chi connectivity index (χ1v) is 6.63. The van der Waals surface area contributed by atoms with E-state index in [-0.39, 0.29) is 11.9 Å². The van der Waals surface area contributed by atoms with Crippen molar-refractivity contribution in [2.24, 2.45) is 12.8 Å². The highest BCUT2D eigenvalue weighted by Gasteiger charge is 2.25. The van der Waals surface area contributed by atoms with Gasteiger partial charge < -0.3 is 10.6 Å². The Labute approximate surface area is 112 Å². The zero-order chi connectivity index (χ0) is 13.4. The van der Waals surface area contributed by atoms with Gasteiger partial charge in [0.25, 0.3) is 5.91 Å². The van der Waals surface area contributed by atoms with Crippen LogP contribution in [0.15, 0.2) is 24.3 Å². The fraction of sp³-hybridized carbons (Fsp3) is 0.429. The molecule has 0 bridgehead atoms. The van der Waals surface area contributed by atoms with Crippen molar-refractivity contribution in [2.75, 3.05) is 13.1 Å². The highest BCUT2D eigenvalue weighted by atomic mass is 16.2. The van der Waals surface area contributed by atoms with Gasteiger partial charge in [0.1, 0.15) is 0 Å². The van der Waals surface area contributed by atoms with E-state index in [1.807, 2.05) is 36.2 Å². The maximum absolute atomic E-state index is 12.6. The SMILES string of the molecule is Cn1nc(C(=O)N2CCCC(N)C2)c2ccccc21. The number of nitrogens with two attached hydrogens (primary N) is 1. The fourth-order valence-electron chi connectivity index (χ4n) is 2.72. The lowest BCUT2D eigenvalue weighted by molar-refractivity contribution is 0.0704. The van der Waals surface area contributed by atoms with Crippen LogP contribution in [0.4, 0.5) is 0 Å². The number of likely N-dealkylation sites (tertiary alicyclic amines) is 1. The van der Waals surface area contributed by atoms with Crippen LogP contribution in [0, 0.1) is 0 Å². The van der Waals surface area contributed by atoms with E-state index in [9.17, 15) is 4.79 Å². The molecule has 0 saturated carbocycles. The Hall–Kier alpha value is -1.88. The van der Waals surface area contributed by atoms with Crippen LogP contribution >= 0.6 is 0 Å². The summed E-state index contributed by atoms with van der Waals surface area (Å²) in [5.41, 5.74) is 7.45. The lowest BCUT2D eigenvalue weighted by Gasteiger charge is -2.30. The van der Waals surface area contributed by atoms with Crippen LogP contribution in [-0.2, 0) is 7.05 Å². The largest absolute Gasteiger partial charge is 0.336 e. The number of hydrogen-bond acceptors (Lipinski definition) is 3. The highest BCUT2D eigenvalue weighted by molar-refractivity contribution is 6.04. The highest BCUT2D eigenvalue weighted by Crippen LogP contribution is 2.20. The predicted octanol–water partition coefficient (Wildman–Crippen LogP) is 1.14. The summed E-state index contributed by atoms with van der Waals surface area (Å²) in [6, 6.07) is 7.89. The van der Waals surface area contributed by atoms with Crippen molar-refractivity contribution in [3.8, 4) is 0 Å². The number of hydrogen-bond donors (Lipinski definition) is 1. The summed E-state index contributed by atoms with van der Waals surface area (Å²) in [7, 11) is 1.86. The molecule has 0 spiro atoms. The number of carbonyl (C=O) groups excluding carboxylic acids is 1. The van der Waals surface area contributed by atoms with Crippen molar-refractivity contribution in [3.05, 3.63) is 30.0 Å². The molecule has 1 aromatic carbocycles. The smallest absolute Gasteiger partial charge is 0.275 e. The molecule has 1 fully saturated rings. The summed E-state index contributed by atoms with van der Waals surface area (Å²) in [5, 5.41) is 5.29. The number of piperidine rings is 1. The van der Waals surface area contributed by atoms with Gasteiger partial charge in [0.15, 0.2) is 5.69 Å². The van der Waals surface area contributed by atoms with Crippen LogP contribution in [-0.4, -0.2) is 39.7 Å². The topological polar surface area (TPSA) is 64.2 Å². The van der Waals surface area contributed by atoms with E-state index in [4.69, 9.17) is 5.73 Å². The number of benzene rings is 1. The summed E-state index contributed by atoms with van der Waals surface area (Å²) in [4.78, 5) is 14.4. The van der Waals surface area contributed by atoms with Gasteiger partial charge in [-0.3, -0.25) is 9.48 Å². The number of aryl methyl sites for hydroxylation is 1. The van der Waals surface area contributed by atoms with Gasteiger partial charge in [-0.2, -0.15) is 5.10 Å². The van der Waals surface area contributed by atoms with E-state index in [1.54, 1.807) is 4.68 Å². The van der Waals surface area contributed by atoms with Crippen molar-refractivity contribution in [3.63, 3.8) is 0 Å². The lowest BCUT2D eigenvalue weighted by atomic mass is 10.1. The van der Waals surface area contributed by atoms with Crippen LogP contribution in [0.1, 0.15) is 23.3 Å². The van der Waals surface area contributed by atoms with Crippen LogP contribution in [0.3, 0.4) is 0 Å². The molecule has 100 valence electrons. The van der Waals surface area contributed by atoms with Crippen LogP contribution < -0.4 is 5.73 Å². The van der Waals surface area contributed by atoms with E-state index in [0.29, 0.717) is 12.2 Å². The summed E-state index contributed by atoms with van der Waals surface area (Å²) in [6.45, 7) is 1.40. The standard InChI is InChI=1S/C14H18N4O/c1-17-12-7-3-2-6-11(12)13(16-17)14(19)18-8-4-5-10(15)9-18/h2-3,6-7,10H,4-5,8-9,15H2,1H3. The molecule has 1 unspecified atom stereocenters. The normalized spacial score (nSPS) is 19.9. The number of amides is 1. The predicted molar refractivity (Wildman–Crippen MR) is 73.8 cm³/mol. The van der Waals surface area contributed by atoms with Gasteiger partial charge in [0.2, 0.25) is 0 Å². The molecule has 3 rings (SSSR count). The van der Waals surface area contributed by atoms with Crippen molar-refractivity contribution in [1.82, 2.24) is 14.7 Å². The fourth-order valence-corrected chi connectivity index (χ4v) is 2.72. The Balaban J connectivity index is 1.97. The summed E-state index contributed by atoms with van der Waals surface area (Å²) in [5.74, 6) is -0.00745. The molecule has 19 heavy (non-hydrogen) atoms. The molecule has 5 nitrogen and oxygen atoms in total. The molecule has 1 saturated heterocycles. The Bertz CT molecular complexity index is 619. The minimum atomic E-state index is -0.00745. The second kappa shape index (κ2) is 4.66. The molecule has 1 atom stereocenters. The van der Waals surface area contributed by atoms with Gasteiger partial charge in [0, 0.05) is 31.6 Å². The summed E-state index contributed by atoms with van der Waals surface area (Å²) < 4.78 is 1.76. The van der Waals surface area contributed by atoms with Crippen molar-refractivity contribution in [2.45, 2.75) is 18.9 Å². The summed E-state index contributed by atoms with van der Waals surface area (Å²) in [6.07, 6.45) is 1.96. The molecule has 2 aromatic rings. The van der Waals surface area contributed by atoms with E-state index >= 15 is 0 Å². The molecule has 5 heteroatoms. The molecule has 0 aliphatic carbocycles. The number of rotatable bonds is 1. The molecular weight excluding hydrogens is 240 g/mol. The molecule has 0 radical (unpaired) electrons. The first kappa shape index (κ1) is 12.2. The average Bonchev–Trinajstić information content (AvgIpc) is 2.76. The maximum Gasteiger partial charge on any atom is 0.275 e. The van der Waals surface area contributed by atoms with Gasteiger partial charge in [0.05, 0.1) is 5.52 Å². The third kappa shape index (κ3) is 2.10. The lowest BCUT2D eigenvalue weighted by Crippen LogP contribution is -2.45. The zero-order valence-corrected chi connectivity index (χ0v) is 11.0. The first-order valence-electron chi connectivity index (χ1n) is 6.63. The van der Waals surface area contributed by atoms with E-state index in [0.717, 1.165) is 30.3 Å². The minimum Gasteiger partial charge on any atom is -0.336 e. The van der Waals surface area contributed by atoms with E-state index in [2.05, 4.69) is 5.10 Å². The van der Waals surface area contributed by atoms with E-state index in [1.165, 1.54) is 0 Å². The molecule has 1 aliphatic rings. The van der Waals surface area contributed by atoms with Crippen LogP contribution in [0.25, 0.3) is 10.9 Å². The number of carbonyl (C=O) groups is 1. The van der Waals surface area contributed by atoms with Gasteiger partial charge >= 0.3 is 0 Å². The Morgan fingerprint density at radius 2 is 2.21 bits per heavy atom. The molecule has 2 N–H and O–H groups in total.